The van der Waals surface area contributed by atoms with Crippen LogP contribution >= 0.6 is 0 Å². The molecule has 0 bridgehead atoms. The number of carbonyl (C=O) groups excluding carboxylic acids is 4. The second-order valence-electron chi connectivity index (χ2n) is 16.6. The quantitative estimate of drug-likeness (QED) is 0.0383. The molecule has 58 heavy (non-hydrogen) atoms. The molecular formula is C43H74O15. The van der Waals surface area contributed by atoms with Crippen molar-refractivity contribution in [2.24, 2.45) is 0 Å². The third-order valence-electron chi connectivity index (χ3n) is 10.4. The average molecular weight is 831 g/mol. The van der Waals surface area contributed by atoms with Crippen LogP contribution in [0.15, 0.2) is 0 Å². The van der Waals surface area contributed by atoms with Gasteiger partial charge in [-0.3, -0.25) is 19.2 Å². The first-order chi connectivity index (χ1) is 27.6. The summed E-state index contributed by atoms with van der Waals surface area (Å²) in [6, 6.07) is 0. The summed E-state index contributed by atoms with van der Waals surface area (Å²) in [7, 11) is 0. The van der Waals surface area contributed by atoms with Gasteiger partial charge in [-0.25, -0.2) is 0 Å². The van der Waals surface area contributed by atoms with Crippen LogP contribution in [-0.2, 0) is 66.5 Å². The van der Waals surface area contributed by atoms with Crippen LogP contribution in [0.25, 0.3) is 0 Å². The van der Waals surface area contributed by atoms with Gasteiger partial charge in [0, 0.05) is 25.7 Å². The summed E-state index contributed by atoms with van der Waals surface area (Å²) in [5, 5.41) is 11.8. The van der Waals surface area contributed by atoms with Gasteiger partial charge in [0.1, 0.15) is 31.0 Å². The lowest BCUT2D eigenvalue weighted by atomic mass is 9.97. The molecule has 1 unspecified atom stereocenters. The van der Waals surface area contributed by atoms with Gasteiger partial charge >= 0.3 is 23.9 Å². The zero-order valence-corrected chi connectivity index (χ0v) is 36.5. The average Bonchev–Trinajstić information content (AvgIpc) is 3.70. The summed E-state index contributed by atoms with van der Waals surface area (Å²) in [4.78, 5) is 53.4. The number of esters is 4. The molecule has 3 rings (SSSR count). The first kappa shape index (κ1) is 50.0. The van der Waals surface area contributed by atoms with E-state index in [1.807, 2.05) is 20.8 Å². The molecule has 1 N–H and O–H groups in total. The van der Waals surface area contributed by atoms with Crippen molar-refractivity contribution in [3.8, 4) is 0 Å². The molecule has 0 aromatic carbocycles. The Kier molecular flexibility index (Phi) is 21.9. The number of ether oxygens (including phenoxy) is 10. The maximum Gasteiger partial charge on any atom is 0.306 e. The van der Waals surface area contributed by atoms with Crippen LogP contribution in [0, 0.1) is 0 Å². The van der Waals surface area contributed by atoms with E-state index in [4.69, 9.17) is 47.4 Å². The predicted molar refractivity (Wildman–Crippen MR) is 211 cm³/mol. The molecule has 0 saturated carbocycles. The lowest BCUT2D eigenvalue weighted by Gasteiger charge is -2.45. The molecule has 3 aliphatic heterocycles. The lowest BCUT2D eigenvalue weighted by molar-refractivity contribution is -0.347. The fraction of sp³-hybridized carbons (Fsp3) is 0.907. The molecule has 3 aliphatic rings. The Balaban J connectivity index is 2.02. The summed E-state index contributed by atoms with van der Waals surface area (Å²) >= 11 is 0. The summed E-state index contributed by atoms with van der Waals surface area (Å²) in [6.07, 6.45) is -0.119. The minimum absolute atomic E-state index is 0.0511. The normalized spacial score (nSPS) is 28.2. The number of unbranched alkanes of at least 4 members (excludes halogenated alkanes) is 10. The largest absolute Gasteiger partial charge is 0.463 e. The molecule has 15 nitrogen and oxygen atoms in total. The van der Waals surface area contributed by atoms with E-state index in [9.17, 15) is 24.3 Å². The van der Waals surface area contributed by atoms with Gasteiger partial charge < -0.3 is 52.5 Å². The van der Waals surface area contributed by atoms with Crippen LogP contribution in [-0.4, -0.2) is 109 Å². The molecule has 0 radical (unpaired) electrons. The van der Waals surface area contributed by atoms with Gasteiger partial charge in [-0.15, -0.1) is 0 Å². The number of aliphatic hydroxyl groups excluding tert-OH is 1. The zero-order valence-electron chi connectivity index (χ0n) is 36.5. The number of carbonyl (C=O) groups is 4. The maximum atomic E-state index is 13.6. The Morgan fingerprint density at radius 1 is 0.603 bits per heavy atom. The molecule has 0 aromatic rings. The minimum Gasteiger partial charge on any atom is -0.463 e. The first-order valence-electron chi connectivity index (χ1n) is 22.0. The molecule has 9 atom stereocenters. The first-order valence-corrected chi connectivity index (χ1v) is 22.0. The van der Waals surface area contributed by atoms with Crippen LogP contribution in [0.1, 0.15) is 171 Å². The fourth-order valence-electron chi connectivity index (χ4n) is 7.25. The van der Waals surface area contributed by atoms with Crippen LogP contribution < -0.4 is 0 Å². The van der Waals surface area contributed by atoms with Gasteiger partial charge in [0.05, 0.1) is 6.61 Å². The van der Waals surface area contributed by atoms with Crippen LogP contribution in [0.3, 0.4) is 0 Å². The number of hydrogen-bond acceptors (Lipinski definition) is 15. The molecule has 0 amide bonds. The molecule has 336 valence electrons. The van der Waals surface area contributed by atoms with E-state index in [0.717, 1.165) is 64.2 Å². The van der Waals surface area contributed by atoms with Gasteiger partial charge in [0.15, 0.2) is 36.2 Å². The van der Waals surface area contributed by atoms with Crippen molar-refractivity contribution in [3.63, 3.8) is 0 Å². The van der Waals surface area contributed by atoms with Crippen molar-refractivity contribution >= 4 is 23.9 Å². The highest BCUT2D eigenvalue weighted by atomic mass is 16.8. The minimum atomic E-state index is -1.77. The van der Waals surface area contributed by atoms with Gasteiger partial charge in [-0.2, -0.15) is 0 Å². The smallest absolute Gasteiger partial charge is 0.306 e. The molecule has 3 fully saturated rings. The number of aliphatic hydroxyl groups is 1. The van der Waals surface area contributed by atoms with Crippen molar-refractivity contribution in [1.29, 1.82) is 0 Å². The van der Waals surface area contributed by atoms with Crippen molar-refractivity contribution in [2.45, 2.75) is 238 Å². The van der Waals surface area contributed by atoms with E-state index in [2.05, 4.69) is 6.92 Å². The zero-order chi connectivity index (χ0) is 42.7. The van der Waals surface area contributed by atoms with E-state index >= 15 is 0 Å². The summed E-state index contributed by atoms with van der Waals surface area (Å²) in [5.74, 6) is -4.37. The topological polar surface area (TPSA) is 181 Å². The van der Waals surface area contributed by atoms with Crippen molar-refractivity contribution in [3.05, 3.63) is 0 Å². The monoisotopic (exact) mass is 831 g/mol. The molecule has 15 heteroatoms. The highest BCUT2D eigenvalue weighted by molar-refractivity contribution is 5.72. The highest BCUT2D eigenvalue weighted by Crippen LogP contribution is 2.39. The van der Waals surface area contributed by atoms with E-state index in [1.54, 1.807) is 27.7 Å². The molecule has 0 spiro atoms. The van der Waals surface area contributed by atoms with Gasteiger partial charge in [-0.05, 0) is 53.4 Å². The fourth-order valence-corrected chi connectivity index (χ4v) is 7.25. The van der Waals surface area contributed by atoms with Crippen LogP contribution in [0.4, 0.5) is 0 Å². The molecule has 0 aliphatic carbocycles. The second-order valence-corrected chi connectivity index (χ2v) is 16.6. The summed E-state index contributed by atoms with van der Waals surface area (Å²) in [5.41, 5.74) is 0. The number of hydrogen-bond donors (Lipinski definition) is 1. The molecular weight excluding hydrogens is 756 g/mol. The van der Waals surface area contributed by atoms with Gasteiger partial charge in [0.2, 0.25) is 6.29 Å². The molecule has 0 aromatic heterocycles. The van der Waals surface area contributed by atoms with Gasteiger partial charge in [-0.1, -0.05) is 91.9 Å². The van der Waals surface area contributed by atoms with Gasteiger partial charge in [0.25, 0.3) is 0 Å². The van der Waals surface area contributed by atoms with E-state index in [0.29, 0.717) is 25.7 Å². The lowest BCUT2D eigenvalue weighted by Crippen LogP contribution is -2.64. The van der Waals surface area contributed by atoms with E-state index < -0.39 is 97.4 Å². The van der Waals surface area contributed by atoms with Crippen molar-refractivity contribution < 1.29 is 71.7 Å². The predicted octanol–water partition coefficient (Wildman–Crippen LogP) is 7.10. The van der Waals surface area contributed by atoms with E-state index in [1.165, 1.54) is 0 Å². The molecule has 3 heterocycles. The Morgan fingerprint density at radius 3 is 1.62 bits per heavy atom. The maximum absolute atomic E-state index is 13.6. The second kappa shape index (κ2) is 25.4. The highest BCUT2D eigenvalue weighted by Gasteiger charge is 2.57. The summed E-state index contributed by atoms with van der Waals surface area (Å²) in [6.45, 7) is 14.8. The Hall–Kier alpha value is -2.40. The number of rotatable bonds is 27. The standard InChI is InChI=1S/C43H74O15/c1-9-13-17-18-22-26-34(47)54-39-37(53-33(46)25-21-16-12-4)35(52-32(45)24-20-15-11-3)29(27-49-31(44)23-19-14-10-2)51-41(39)55-40(48)38-36(57-43(7,8)58-38)30-28-50-42(5,6)56-30/h29-30,35-41,48H,9-28H2,1-8H3/t29-,30+,35-,36-,37+,38-,39+,40?,41+/m1/s1. The van der Waals surface area contributed by atoms with E-state index in [-0.39, 0.29) is 32.3 Å². The van der Waals surface area contributed by atoms with Crippen LogP contribution in [0.5, 0.6) is 0 Å². The third-order valence-corrected chi connectivity index (χ3v) is 10.4. The SMILES string of the molecule is CCCCCCCC(=O)O[C@@H]1[C@H](OC(O)[C@@H]2OC(C)(C)O[C@@H]2[C@@H]2COC(C)(C)O2)O[C@H](COC(=O)CCCCC)[C@@H](OC(=O)CCCCC)[C@@H]1OC(=O)CCCCC. The Labute approximate surface area is 346 Å². The van der Waals surface area contributed by atoms with Crippen molar-refractivity contribution in [1.82, 2.24) is 0 Å². The summed E-state index contributed by atoms with van der Waals surface area (Å²) < 4.78 is 60.7. The van der Waals surface area contributed by atoms with Crippen LogP contribution in [0.2, 0.25) is 0 Å². The van der Waals surface area contributed by atoms with Crippen molar-refractivity contribution in [2.75, 3.05) is 13.2 Å². The Morgan fingerprint density at radius 2 is 1.09 bits per heavy atom. The molecule has 3 saturated heterocycles. The third kappa shape index (κ3) is 16.9. The Bertz CT molecular complexity index is 1240.